The molecule has 0 aliphatic heterocycles. The van der Waals surface area contributed by atoms with Gasteiger partial charge in [-0.05, 0) is 23.8 Å². The first-order valence-corrected chi connectivity index (χ1v) is 9.35. The minimum atomic E-state index is -4.43. The highest BCUT2D eigenvalue weighted by molar-refractivity contribution is 5.77. The van der Waals surface area contributed by atoms with Crippen LogP contribution in [0.5, 0.6) is 0 Å². The van der Waals surface area contributed by atoms with Gasteiger partial charge < -0.3 is 5.32 Å². The molecule has 1 aromatic heterocycles. The van der Waals surface area contributed by atoms with E-state index in [9.17, 15) is 22.8 Å². The molecule has 3 rings (SSSR count). The Morgan fingerprint density at radius 2 is 1.77 bits per heavy atom. The molecule has 0 aliphatic carbocycles. The highest BCUT2D eigenvalue weighted by atomic mass is 19.4. The molecule has 0 saturated carbocycles. The molecule has 0 radical (unpaired) electrons. The largest absolute Gasteiger partial charge is 0.416 e. The molecule has 0 bridgehead atoms. The number of nitrogens with zero attached hydrogens (tertiary/aromatic N) is 3. The summed E-state index contributed by atoms with van der Waals surface area (Å²) < 4.78 is 40.0. The van der Waals surface area contributed by atoms with Crippen LogP contribution in [-0.2, 0) is 22.9 Å². The molecule has 1 N–H and O–H groups in total. The lowest BCUT2D eigenvalue weighted by atomic mass is 9.83. The number of halogens is 3. The van der Waals surface area contributed by atoms with Crippen LogP contribution in [0.3, 0.4) is 0 Å². The second-order valence-electron chi connectivity index (χ2n) is 7.62. The third kappa shape index (κ3) is 4.84. The van der Waals surface area contributed by atoms with Crippen molar-refractivity contribution >= 4 is 16.8 Å². The monoisotopic (exact) mass is 418 g/mol. The first kappa shape index (κ1) is 21.5. The summed E-state index contributed by atoms with van der Waals surface area (Å²) in [5.74, 6) is -0.336. The maximum Gasteiger partial charge on any atom is 0.416 e. The van der Waals surface area contributed by atoms with E-state index >= 15 is 0 Å². The Hall–Kier alpha value is -3.23. The number of amides is 1. The Labute approximate surface area is 170 Å². The summed E-state index contributed by atoms with van der Waals surface area (Å²) in [6.45, 7) is 3.70. The number of benzene rings is 2. The number of alkyl halides is 3. The van der Waals surface area contributed by atoms with E-state index in [4.69, 9.17) is 0 Å². The smallest absolute Gasteiger partial charge is 0.355 e. The molecular weight excluding hydrogens is 397 g/mol. The van der Waals surface area contributed by atoms with Gasteiger partial charge >= 0.3 is 6.18 Å². The minimum Gasteiger partial charge on any atom is -0.355 e. The summed E-state index contributed by atoms with van der Waals surface area (Å²) in [5, 5.41) is 10.9. The van der Waals surface area contributed by atoms with Crippen LogP contribution < -0.4 is 10.9 Å². The van der Waals surface area contributed by atoms with Crippen LogP contribution >= 0.6 is 0 Å². The summed E-state index contributed by atoms with van der Waals surface area (Å²) >= 11 is 0. The summed E-state index contributed by atoms with van der Waals surface area (Å²) in [6, 6.07) is 11.9. The van der Waals surface area contributed by atoms with Crippen molar-refractivity contribution in [1.82, 2.24) is 20.3 Å². The van der Waals surface area contributed by atoms with E-state index in [0.29, 0.717) is 16.5 Å². The van der Waals surface area contributed by atoms with Crippen molar-refractivity contribution in [2.45, 2.75) is 38.4 Å². The Morgan fingerprint density at radius 3 is 2.50 bits per heavy atom. The molecule has 3 aromatic rings. The number of carbonyl (C=O) groups excluding carboxylic acids is 1. The van der Waals surface area contributed by atoms with Crippen molar-refractivity contribution in [3.05, 3.63) is 70.0 Å². The van der Waals surface area contributed by atoms with Crippen LogP contribution in [0, 0.1) is 0 Å². The molecule has 9 heteroatoms. The van der Waals surface area contributed by atoms with Crippen molar-refractivity contribution in [2.75, 3.05) is 6.54 Å². The first-order chi connectivity index (χ1) is 14.1. The van der Waals surface area contributed by atoms with Crippen molar-refractivity contribution in [3.8, 4) is 0 Å². The zero-order valence-electron chi connectivity index (χ0n) is 16.5. The van der Waals surface area contributed by atoms with Gasteiger partial charge in [-0.3, -0.25) is 9.59 Å². The average molecular weight is 418 g/mol. The molecule has 0 unspecified atom stereocenters. The Balaban J connectivity index is 1.62. The molecule has 0 saturated heterocycles. The molecule has 2 aromatic carbocycles. The van der Waals surface area contributed by atoms with Gasteiger partial charge in [0.1, 0.15) is 5.52 Å². The van der Waals surface area contributed by atoms with E-state index in [0.717, 1.165) is 16.8 Å². The Morgan fingerprint density at radius 1 is 1.07 bits per heavy atom. The second-order valence-corrected chi connectivity index (χ2v) is 7.62. The number of carbonyl (C=O) groups is 1. The van der Waals surface area contributed by atoms with Crippen LogP contribution in [0.2, 0.25) is 0 Å². The zero-order chi connectivity index (χ0) is 21.9. The van der Waals surface area contributed by atoms with Crippen molar-refractivity contribution in [1.29, 1.82) is 0 Å². The number of hydrogen-bond acceptors (Lipinski definition) is 4. The Kier molecular flexibility index (Phi) is 5.91. The topological polar surface area (TPSA) is 76.9 Å². The van der Waals surface area contributed by atoms with Gasteiger partial charge in [0.2, 0.25) is 5.91 Å². The van der Waals surface area contributed by atoms with Gasteiger partial charge in [0.25, 0.3) is 5.56 Å². The van der Waals surface area contributed by atoms with Gasteiger partial charge in [0, 0.05) is 18.4 Å². The number of fused-ring (bicyclic) bond motifs is 1. The number of aryl methyl sites for hydroxylation is 1. The van der Waals surface area contributed by atoms with E-state index in [-0.39, 0.29) is 31.0 Å². The van der Waals surface area contributed by atoms with E-state index in [1.54, 1.807) is 44.2 Å². The predicted octanol–water partition coefficient (Wildman–Crippen LogP) is 3.29. The highest BCUT2D eigenvalue weighted by Crippen LogP contribution is 2.32. The fraction of sp³-hybridized carbons (Fsp3) is 0.333. The fourth-order valence-electron chi connectivity index (χ4n) is 3.00. The maximum atomic E-state index is 13.0. The number of rotatable bonds is 6. The van der Waals surface area contributed by atoms with E-state index in [1.807, 2.05) is 0 Å². The van der Waals surface area contributed by atoms with Gasteiger partial charge in [0.15, 0.2) is 0 Å². The molecule has 0 spiro atoms. The van der Waals surface area contributed by atoms with Gasteiger partial charge in [-0.2, -0.15) is 13.2 Å². The third-order valence-electron chi connectivity index (χ3n) is 4.88. The van der Waals surface area contributed by atoms with Crippen LogP contribution in [0.4, 0.5) is 13.2 Å². The average Bonchev–Trinajstić information content (AvgIpc) is 2.71. The number of hydrogen-bond donors (Lipinski definition) is 1. The maximum absolute atomic E-state index is 13.0. The van der Waals surface area contributed by atoms with E-state index in [2.05, 4.69) is 15.6 Å². The number of aromatic nitrogens is 3. The highest BCUT2D eigenvalue weighted by Gasteiger charge is 2.32. The summed E-state index contributed by atoms with van der Waals surface area (Å²) in [6.07, 6.45) is -4.44. The summed E-state index contributed by atoms with van der Waals surface area (Å²) in [5.41, 5.74) is -0.831. The molecule has 1 amide bonds. The predicted molar refractivity (Wildman–Crippen MR) is 106 cm³/mol. The normalized spacial score (nSPS) is 12.2. The van der Waals surface area contributed by atoms with Crippen molar-refractivity contribution in [3.63, 3.8) is 0 Å². The van der Waals surface area contributed by atoms with Crippen LogP contribution in [-0.4, -0.2) is 27.4 Å². The number of nitrogens with one attached hydrogen (secondary N) is 1. The lowest BCUT2D eigenvalue weighted by Crippen LogP contribution is -2.37. The van der Waals surface area contributed by atoms with Crippen LogP contribution in [0.15, 0.2) is 53.3 Å². The second kappa shape index (κ2) is 8.25. The van der Waals surface area contributed by atoms with Crippen LogP contribution in [0.25, 0.3) is 10.9 Å². The molecule has 158 valence electrons. The van der Waals surface area contributed by atoms with Gasteiger partial charge in [-0.25, -0.2) is 4.68 Å². The standard InChI is InChI=1S/C21H21F3N4O2/c1-20(2,14-6-5-7-15(12-14)21(22,23)24)13-25-18(29)10-11-28-19(30)16-8-3-4-9-17(16)26-27-28/h3-9,12H,10-11,13H2,1-2H3,(H,25,29). The lowest BCUT2D eigenvalue weighted by molar-refractivity contribution is -0.137. The quantitative estimate of drug-likeness (QED) is 0.667. The minimum absolute atomic E-state index is 0.00834. The zero-order valence-corrected chi connectivity index (χ0v) is 16.5. The Bertz CT molecular complexity index is 1120. The van der Waals surface area contributed by atoms with Gasteiger partial charge in [-0.1, -0.05) is 49.4 Å². The SMILES string of the molecule is CC(C)(CNC(=O)CCn1nnc2ccccc2c1=O)c1cccc(C(F)(F)F)c1. The van der Waals surface area contributed by atoms with E-state index < -0.39 is 17.2 Å². The molecule has 0 fully saturated rings. The molecular formula is C21H21F3N4O2. The molecule has 1 heterocycles. The first-order valence-electron chi connectivity index (χ1n) is 9.35. The van der Waals surface area contributed by atoms with Crippen molar-refractivity contribution < 1.29 is 18.0 Å². The molecule has 6 nitrogen and oxygen atoms in total. The van der Waals surface area contributed by atoms with Crippen molar-refractivity contribution in [2.24, 2.45) is 0 Å². The van der Waals surface area contributed by atoms with Gasteiger partial charge in [-0.15, -0.1) is 5.10 Å². The van der Waals surface area contributed by atoms with Crippen LogP contribution in [0.1, 0.15) is 31.4 Å². The van der Waals surface area contributed by atoms with Gasteiger partial charge in [0.05, 0.1) is 17.5 Å². The fourth-order valence-corrected chi connectivity index (χ4v) is 3.00. The summed E-state index contributed by atoms with van der Waals surface area (Å²) in [4.78, 5) is 24.6. The lowest BCUT2D eigenvalue weighted by Gasteiger charge is -2.26. The third-order valence-corrected chi connectivity index (χ3v) is 4.88. The summed E-state index contributed by atoms with van der Waals surface area (Å²) in [7, 11) is 0. The van der Waals surface area contributed by atoms with E-state index in [1.165, 1.54) is 6.07 Å². The molecule has 0 aliphatic rings. The molecule has 0 atom stereocenters. The molecule has 30 heavy (non-hydrogen) atoms.